The number of carbonyl (C=O) groups is 1. The first-order chi connectivity index (χ1) is 6.78. The zero-order valence-corrected chi connectivity index (χ0v) is 9.70. The molecule has 0 aromatic rings. The van der Waals surface area contributed by atoms with Crippen LogP contribution < -0.4 is 0 Å². The molecule has 0 aromatic carbocycles. The van der Waals surface area contributed by atoms with E-state index in [1.165, 1.54) is 0 Å². The van der Waals surface area contributed by atoms with E-state index in [4.69, 9.17) is 9.47 Å². The van der Waals surface area contributed by atoms with Crippen LogP contribution in [0.2, 0.25) is 0 Å². The van der Waals surface area contributed by atoms with Crippen LogP contribution in [-0.2, 0) is 14.3 Å². The Kier molecular flexibility index (Phi) is 3.02. The fraction of sp³-hybridized carbons (Fsp3) is 0.600. The molecule has 0 atom stereocenters. The van der Waals surface area contributed by atoms with Crippen molar-refractivity contribution in [3.8, 4) is 0 Å². The molecule has 5 heteroatoms. The summed E-state index contributed by atoms with van der Waals surface area (Å²) in [6.07, 6.45) is 1.60. The van der Waals surface area contributed by atoms with E-state index in [1.54, 1.807) is 25.2 Å². The predicted molar refractivity (Wildman–Crippen MR) is 56.1 cm³/mol. The van der Waals surface area contributed by atoms with Crippen LogP contribution in [0.1, 0.15) is 20.8 Å². The maximum atomic E-state index is 11.3. The zero-order chi connectivity index (χ0) is 11.6. The summed E-state index contributed by atoms with van der Waals surface area (Å²) in [7, 11) is 3.61. The van der Waals surface area contributed by atoms with Gasteiger partial charge in [0, 0.05) is 20.3 Å². The highest BCUT2D eigenvalue weighted by molar-refractivity contribution is 6.01. The van der Waals surface area contributed by atoms with Crippen LogP contribution in [-0.4, -0.2) is 36.6 Å². The normalized spacial score (nSPS) is 18.9. The van der Waals surface area contributed by atoms with Crippen LogP contribution in [0.25, 0.3) is 0 Å². The van der Waals surface area contributed by atoms with E-state index in [1.807, 2.05) is 20.8 Å². The molecule has 0 saturated heterocycles. The summed E-state index contributed by atoms with van der Waals surface area (Å²) in [6, 6.07) is 0. The van der Waals surface area contributed by atoms with Crippen LogP contribution in [0.15, 0.2) is 16.9 Å². The fourth-order valence-corrected chi connectivity index (χ4v) is 0.930. The molecule has 0 bridgehead atoms. The van der Waals surface area contributed by atoms with Gasteiger partial charge in [-0.3, -0.25) is 0 Å². The molecule has 0 radical (unpaired) electrons. The Labute approximate surface area is 89.4 Å². The Balaban J connectivity index is 2.76. The molecule has 0 aliphatic carbocycles. The predicted octanol–water partition coefficient (Wildman–Crippen LogP) is 1.12. The van der Waals surface area contributed by atoms with Gasteiger partial charge in [-0.1, -0.05) is 0 Å². The summed E-state index contributed by atoms with van der Waals surface area (Å²) in [5.74, 6) is -0.483. The highest BCUT2D eigenvalue weighted by Crippen LogP contribution is 2.16. The van der Waals surface area contributed by atoms with Crippen molar-refractivity contribution in [3.05, 3.63) is 11.9 Å². The molecular formula is C10H16N2O3. The Hall–Kier alpha value is -1.52. The summed E-state index contributed by atoms with van der Waals surface area (Å²) < 4.78 is 10.2. The summed E-state index contributed by atoms with van der Waals surface area (Å²) in [5, 5.41) is 0. The molecule has 0 saturated carbocycles. The van der Waals surface area contributed by atoms with Gasteiger partial charge in [0.15, 0.2) is 5.70 Å². The van der Waals surface area contributed by atoms with Crippen molar-refractivity contribution in [2.75, 3.05) is 14.1 Å². The Morgan fingerprint density at radius 2 is 2.00 bits per heavy atom. The lowest BCUT2D eigenvalue weighted by Gasteiger charge is -2.18. The van der Waals surface area contributed by atoms with Crippen molar-refractivity contribution in [1.82, 2.24) is 4.90 Å². The van der Waals surface area contributed by atoms with Crippen molar-refractivity contribution < 1.29 is 14.3 Å². The Morgan fingerprint density at radius 1 is 1.40 bits per heavy atom. The molecule has 1 heterocycles. The van der Waals surface area contributed by atoms with E-state index in [9.17, 15) is 4.79 Å². The lowest BCUT2D eigenvalue weighted by atomic mass is 10.2. The molecule has 0 N–H and O–H groups in total. The third-order valence-electron chi connectivity index (χ3n) is 1.37. The third-order valence-corrected chi connectivity index (χ3v) is 1.37. The number of carbonyl (C=O) groups excluding carboxylic acids is 1. The third kappa shape index (κ3) is 3.61. The first-order valence-corrected chi connectivity index (χ1v) is 4.66. The van der Waals surface area contributed by atoms with Gasteiger partial charge in [-0.25, -0.2) is 4.79 Å². The summed E-state index contributed by atoms with van der Waals surface area (Å²) in [6.45, 7) is 5.57. The van der Waals surface area contributed by atoms with Crippen LogP contribution in [0, 0.1) is 0 Å². The first kappa shape index (κ1) is 11.6. The van der Waals surface area contributed by atoms with Gasteiger partial charge in [0.25, 0.3) is 0 Å². The minimum absolute atomic E-state index is 0.0144. The SMILES string of the molecule is CN(C)/C=C1/N=C(OC(C)(C)C)OC1=O. The fourth-order valence-electron chi connectivity index (χ4n) is 0.930. The second-order valence-electron chi connectivity index (χ2n) is 4.46. The van der Waals surface area contributed by atoms with Crippen molar-refractivity contribution in [2.24, 2.45) is 4.99 Å². The molecule has 1 rings (SSSR count). The van der Waals surface area contributed by atoms with Gasteiger partial charge >= 0.3 is 12.1 Å². The van der Waals surface area contributed by atoms with E-state index in [2.05, 4.69) is 4.99 Å². The molecule has 0 fully saturated rings. The molecule has 15 heavy (non-hydrogen) atoms. The maximum Gasteiger partial charge on any atom is 0.397 e. The molecule has 0 amide bonds. The smallest absolute Gasteiger partial charge is 0.397 e. The van der Waals surface area contributed by atoms with Gasteiger partial charge in [-0.15, -0.1) is 0 Å². The second kappa shape index (κ2) is 3.92. The highest BCUT2D eigenvalue weighted by Gasteiger charge is 2.28. The molecular weight excluding hydrogens is 196 g/mol. The quantitative estimate of drug-likeness (QED) is 0.482. The summed E-state index contributed by atoms with van der Waals surface area (Å²) in [5.41, 5.74) is -0.175. The molecule has 84 valence electrons. The maximum absolute atomic E-state index is 11.3. The molecule has 1 aliphatic heterocycles. The lowest BCUT2D eigenvalue weighted by Crippen LogP contribution is -2.24. The highest BCUT2D eigenvalue weighted by atomic mass is 16.7. The van der Waals surface area contributed by atoms with Gasteiger partial charge in [0.05, 0.1) is 0 Å². The molecule has 5 nitrogen and oxygen atoms in total. The number of aliphatic imine (C=N–C) groups is 1. The molecule has 1 aliphatic rings. The van der Waals surface area contributed by atoms with Crippen LogP contribution in [0.5, 0.6) is 0 Å². The van der Waals surface area contributed by atoms with Crippen LogP contribution in [0.3, 0.4) is 0 Å². The number of hydrogen-bond acceptors (Lipinski definition) is 5. The summed E-state index contributed by atoms with van der Waals surface area (Å²) in [4.78, 5) is 17.0. The number of nitrogens with zero attached hydrogens (tertiary/aromatic N) is 2. The van der Waals surface area contributed by atoms with Gasteiger partial charge < -0.3 is 14.4 Å². The second-order valence-corrected chi connectivity index (χ2v) is 4.46. The van der Waals surface area contributed by atoms with Crippen LogP contribution >= 0.6 is 0 Å². The van der Waals surface area contributed by atoms with E-state index in [-0.39, 0.29) is 11.8 Å². The van der Waals surface area contributed by atoms with Crippen molar-refractivity contribution in [3.63, 3.8) is 0 Å². The number of esters is 1. The van der Waals surface area contributed by atoms with Crippen molar-refractivity contribution in [2.45, 2.75) is 26.4 Å². The summed E-state index contributed by atoms with van der Waals surface area (Å²) >= 11 is 0. The Bertz CT molecular complexity index is 324. The number of hydrogen-bond donors (Lipinski definition) is 0. The van der Waals surface area contributed by atoms with Gasteiger partial charge in [0.1, 0.15) is 5.60 Å². The first-order valence-electron chi connectivity index (χ1n) is 4.66. The largest absolute Gasteiger partial charge is 0.444 e. The van der Waals surface area contributed by atoms with E-state index < -0.39 is 11.6 Å². The number of rotatable bonds is 1. The minimum Gasteiger partial charge on any atom is -0.444 e. The average Bonchev–Trinajstić information content (AvgIpc) is 2.26. The van der Waals surface area contributed by atoms with E-state index in [0.29, 0.717) is 0 Å². The van der Waals surface area contributed by atoms with Gasteiger partial charge in [0.2, 0.25) is 0 Å². The van der Waals surface area contributed by atoms with Crippen LogP contribution in [0.4, 0.5) is 0 Å². The monoisotopic (exact) mass is 212 g/mol. The average molecular weight is 212 g/mol. The standard InChI is InChI=1S/C10H16N2O3/c1-10(2,3)15-9-11-7(6-12(4)5)8(13)14-9/h6H,1-5H3/b7-6+. The molecule has 0 unspecified atom stereocenters. The lowest BCUT2D eigenvalue weighted by molar-refractivity contribution is -0.132. The molecule has 0 spiro atoms. The van der Waals surface area contributed by atoms with E-state index in [0.717, 1.165) is 0 Å². The van der Waals surface area contributed by atoms with E-state index >= 15 is 0 Å². The number of cyclic esters (lactones) is 1. The van der Waals surface area contributed by atoms with Gasteiger partial charge in [-0.2, -0.15) is 4.99 Å². The van der Waals surface area contributed by atoms with Crippen molar-refractivity contribution in [1.29, 1.82) is 0 Å². The number of ether oxygens (including phenoxy) is 2. The molecule has 0 aromatic heterocycles. The Morgan fingerprint density at radius 3 is 2.47 bits per heavy atom. The van der Waals surface area contributed by atoms with Crippen molar-refractivity contribution >= 4 is 12.1 Å². The minimum atomic E-state index is -0.483. The van der Waals surface area contributed by atoms with Gasteiger partial charge in [-0.05, 0) is 20.8 Å². The topological polar surface area (TPSA) is 51.1 Å². The zero-order valence-electron chi connectivity index (χ0n) is 9.70.